The quantitative estimate of drug-likeness (QED) is 0.827. The fourth-order valence-corrected chi connectivity index (χ4v) is 2.24. The molecular formula is C14H20N2O3. The third-order valence-corrected chi connectivity index (χ3v) is 3.63. The van der Waals surface area contributed by atoms with Gasteiger partial charge in [-0.25, -0.2) is 4.79 Å². The molecule has 0 radical (unpaired) electrons. The van der Waals surface area contributed by atoms with E-state index in [4.69, 9.17) is 0 Å². The van der Waals surface area contributed by atoms with E-state index < -0.39 is 0 Å². The Hall–Kier alpha value is -1.46. The molecule has 5 heteroatoms. The maximum absolute atomic E-state index is 11.3. The Bertz CT molecular complexity index is 433. The second-order valence-electron chi connectivity index (χ2n) is 5.10. The number of carbonyl (C=O) groups is 1. The zero-order chi connectivity index (χ0) is 13.8. The number of aliphatic hydroxyl groups is 1. The molecule has 0 aromatic carbocycles. The number of aliphatic hydroxyl groups excluding tert-OH is 1. The van der Waals surface area contributed by atoms with E-state index in [1.165, 1.54) is 13.3 Å². The van der Waals surface area contributed by atoms with Crippen LogP contribution in [0.4, 0.5) is 0 Å². The Balaban J connectivity index is 1.94. The van der Waals surface area contributed by atoms with Crippen molar-refractivity contribution in [3.8, 4) is 0 Å². The summed E-state index contributed by atoms with van der Waals surface area (Å²) < 4.78 is 4.63. The van der Waals surface area contributed by atoms with Crippen LogP contribution in [-0.2, 0) is 11.3 Å². The van der Waals surface area contributed by atoms with Crippen molar-refractivity contribution in [1.29, 1.82) is 0 Å². The molecule has 0 saturated carbocycles. The standard InChI is InChI=1S/C14H20N2O3/c1-10-5-6-16(9-13(10)17)8-12-4-3-11(7-15-12)14(18)19-2/h3-4,7,10,13,17H,5-6,8-9H2,1-2H3. The predicted octanol–water partition coefficient (Wildman–Crippen LogP) is 1.07. The maximum atomic E-state index is 11.3. The monoisotopic (exact) mass is 264 g/mol. The van der Waals surface area contributed by atoms with E-state index in [1.807, 2.05) is 6.07 Å². The highest BCUT2D eigenvalue weighted by molar-refractivity contribution is 5.88. The van der Waals surface area contributed by atoms with Gasteiger partial charge in [-0.2, -0.15) is 0 Å². The highest BCUT2D eigenvalue weighted by atomic mass is 16.5. The summed E-state index contributed by atoms with van der Waals surface area (Å²) in [5.74, 6) is -0.00724. The summed E-state index contributed by atoms with van der Waals surface area (Å²) in [6, 6.07) is 3.55. The van der Waals surface area contributed by atoms with Gasteiger partial charge in [-0.15, -0.1) is 0 Å². The average molecular weight is 264 g/mol. The van der Waals surface area contributed by atoms with E-state index in [0.29, 0.717) is 24.6 Å². The van der Waals surface area contributed by atoms with Gasteiger partial charge in [-0.3, -0.25) is 9.88 Å². The Morgan fingerprint density at radius 1 is 1.58 bits per heavy atom. The molecule has 0 bridgehead atoms. The van der Waals surface area contributed by atoms with Gasteiger partial charge in [0, 0.05) is 19.3 Å². The van der Waals surface area contributed by atoms with Crippen LogP contribution in [0.25, 0.3) is 0 Å². The third-order valence-electron chi connectivity index (χ3n) is 3.63. The van der Waals surface area contributed by atoms with Crippen LogP contribution in [0.15, 0.2) is 18.3 Å². The number of rotatable bonds is 3. The zero-order valence-electron chi connectivity index (χ0n) is 11.4. The van der Waals surface area contributed by atoms with Crippen molar-refractivity contribution in [2.75, 3.05) is 20.2 Å². The Morgan fingerprint density at radius 2 is 2.37 bits per heavy atom. The molecule has 1 aromatic rings. The molecule has 1 N–H and O–H groups in total. The number of ether oxygens (including phenoxy) is 1. The van der Waals surface area contributed by atoms with Gasteiger partial charge in [0.25, 0.3) is 0 Å². The molecule has 1 aliphatic heterocycles. The largest absolute Gasteiger partial charge is 0.465 e. The van der Waals surface area contributed by atoms with Crippen molar-refractivity contribution in [2.24, 2.45) is 5.92 Å². The minimum atomic E-state index is -0.374. The first-order chi connectivity index (χ1) is 9.10. The van der Waals surface area contributed by atoms with Crippen molar-refractivity contribution in [2.45, 2.75) is 26.0 Å². The minimum Gasteiger partial charge on any atom is -0.465 e. The predicted molar refractivity (Wildman–Crippen MR) is 70.6 cm³/mol. The van der Waals surface area contributed by atoms with Gasteiger partial charge in [-0.1, -0.05) is 6.92 Å². The first kappa shape index (κ1) is 14.0. The molecule has 19 heavy (non-hydrogen) atoms. The zero-order valence-corrected chi connectivity index (χ0v) is 11.4. The van der Waals surface area contributed by atoms with Crippen LogP contribution < -0.4 is 0 Å². The summed E-state index contributed by atoms with van der Waals surface area (Å²) >= 11 is 0. The molecule has 1 aliphatic rings. The fourth-order valence-electron chi connectivity index (χ4n) is 2.24. The van der Waals surface area contributed by atoms with E-state index in [-0.39, 0.29) is 12.1 Å². The number of pyridine rings is 1. The molecule has 5 nitrogen and oxygen atoms in total. The van der Waals surface area contributed by atoms with Crippen LogP contribution in [0, 0.1) is 5.92 Å². The van der Waals surface area contributed by atoms with Crippen molar-refractivity contribution < 1.29 is 14.6 Å². The molecule has 2 heterocycles. The molecule has 1 aromatic heterocycles. The first-order valence-corrected chi connectivity index (χ1v) is 6.54. The summed E-state index contributed by atoms with van der Waals surface area (Å²) in [6.07, 6.45) is 2.27. The maximum Gasteiger partial charge on any atom is 0.339 e. The number of nitrogens with zero attached hydrogens (tertiary/aromatic N) is 2. The summed E-state index contributed by atoms with van der Waals surface area (Å²) in [6.45, 7) is 4.43. The molecule has 1 fully saturated rings. The van der Waals surface area contributed by atoms with Gasteiger partial charge >= 0.3 is 5.97 Å². The van der Waals surface area contributed by atoms with Crippen molar-refractivity contribution >= 4 is 5.97 Å². The van der Waals surface area contributed by atoms with Crippen LogP contribution in [0.5, 0.6) is 0 Å². The highest BCUT2D eigenvalue weighted by Gasteiger charge is 2.24. The first-order valence-electron chi connectivity index (χ1n) is 6.54. The van der Waals surface area contributed by atoms with E-state index in [0.717, 1.165) is 18.7 Å². The summed E-state index contributed by atoms with van der Waals surface area (Å²) in [7, 11) is 1.35. The summed E-state index contributed by atoms with van der Waals surface area (Å²) in [4.78, 5) is 17.7. The molecule has 2 rings (SSSR count). The molecule has 2 atom stereocenters. The SMILES string of the molecule is COC(=O)c1ccc(CN2CCC(C)C(O)C2)nc1. The normalized spacial score (nSPS) is 24.2. The van der Waals surface area contributed by atoms with Gasteiger partial charge in [-0.05, 0) is 31.0 Å². The lowest BCUT2D eigenvalue weighted by Gasteiger charge is -2.33. The highest BCUT2D eigenvalue weighted by Crippen LogP contribution is 2.18. The van der Waals surface area contributed by atoms with Crippen molar-refractivity contribution in [3.05, 3.63) is 29.6 Å². The van der Waals surface area contributed by atoms with E-state index in [2.05, 4.69) is 21.5 Å². The van der Waals surface area contributed by atoms with Crippen LogP contribution in [0.1, 0.15) is 29.4 Å². The van der Waals surface area contributed by atoms with Crippen LogP contribution in [0.2, 0.25) is 0 Å². The van der Waals surface area contributed by atoms with Gasteiger partial charge in [0.1, 0.15) is 0 Å². The number of methoxy groups -OCH3 is 1. The number of hydrogen-bond donors (Lipinski definition) is 1. The Kier molecular flexibility index (Phi) is 4.50. The van der Waals surface area contributed by atoms with E-state index in [1.54, 1.807) is 6.07 Å². The Morgan fingerprint density at radius 3 is 2.95 bits per heavy atom. The molecule has 0 amide bonds. The van der Waals surface area contributed by atoms with Gasteiger partial charge < -0.3 is 9.84 Å². The molecule has 0 spiro atoms. The fraction of sp³-hybridized carbons (Fsp3) is 0.571. The number of β-amino-alcohol motifs (C(OH)–C–C–N with tert-alkyl or cyclic N) is 1. The topological polar surface area (TPSA) is 62.7 Å². The number of piperidine rings is 1. The van der Waals surface area contributed by atoms with Gasteiger partial charge in [0.2, 0.25) is 0 Å². The van der Waals surface area contributed by atoms with Gasteiger partial charge in [0.15, 0.2) is 0 Å². The summed E-state index contributed by atoms with van der Waals surface area (Å²) in [5, 5.41) is 9.85. The number of esters is 1. The molecule has 2 unspecified atom stereocenters. The van der Waals surface area contributed by atoms with Gasteiger partial charge in [0.05, 0.1) is 24.5 Å². The van der Waals surface area contributed by atoms with Crippen molar-refractivity contribution in [1.82, 2.24) is 9.88 Å². The number of hydrogen-bond acceptors (Lipinski definition) is 5. The van der Waals surface area contributed by atoms with Crippen LogP contribution in [0.3, 0.4) is 0 Å². The third kappa shape index (κ3) is 3.52. The van der Waals surface area contributed by atoms with E-state index in [9.17, 15) is 9.90 Å². The summed E-state index contributed by atoms with van der Waals surface area (Å²) in [5.41, 5.74) is 1.35. The Labute approximate surface area is 113 Å². The minimum absolute atomic E-state index is 0.261. The number of aromatic nitrogens is 1. The lowest BCUT2D eigenvalue weighted by molar-refractivity contribution is 0.0254. The number of carbonyl (C=O) groups excluding carboxylic acids is 1. The molecule has 1 saturated heterocycles. The van der Waals surface area contributed by atoms with Crippen LogP contribution in [-0.4, -0.2) is 47.3 Å². The molecular weight excluding hydrogens is 244 g/mol. The van der Waals surface area contributed by atoms with E-state index >= 15 is 0 Å². The molecule has 0 aliphatic carbocycles. The average Bonchev–Trinajstić information content (AvgIpc) is 2.43. The lowest BCUT2D eigenvalue weighted by atomic mass is 9.96. The van der Waals surface area contributed by atoms with Crippen molar-refractivity contribution in [3.63, 3.8) is 0 Å². The second kappa shape index (κ2) is 6.12. The number of likely N-dealkylation sites (tertiary alicyclic amines) is 1. The second-order valence-corrected chi connectivity index (χ2v) is 5.10. The molecule has 104 valence electrons. The smallest absolute Gasteiger partial charge is 0.339 e. The van der Waals surface area contributed by atoms with Crippen LogP contribution >= 0.6 is 0 Å². The lowest BCUT2D eigenvalue weighted by Crippen LogP contribution is -2.42.